The van der Waals surface area contributed by atoms with Gasteiger partial charge in [0.05, 0.1) is 0 Å². The molecule has 0 heterocycles. The summed E-state index contributed by atoms with van der Waals surface area (Å²) in [7, 11) is -2.14. The predicted molar refractivity (Wildman–Crippen MR) is 137 cm³/mol. The van der Waals surface area contributed by atoms with Gasteiger partial charge in [-0.1, -0.05) is 120 Å². The Kier molecular flexibility index (Phi) is 12.6. The van der Waals surface area contributed by atoms with Crippen molar-refractivity contribution in [3.8, 4) is 16.9 Å². The molecule has 0 amide bonds. The second-order valence-electron chi connectivity index (χ2n) is 9.13. The first kappa shape index (κ1) is 25.7. The van der Waals surface area contributed by atoms with Gasteiger partial charge in [-0.15, -0.1) is 0 Å². The summed E-state index contributed by atoms with van der Waals surface area (Å²) in [5.74, 6) is 0.908. The Hall–Kier alpha value is -1.58. The largest absolute Gasteiger partial charge is 0.520 e. The Bertz CT molecular complexity index is 682. The first-order valence-electron chi connectivity index (χ1n) is 12.6. The molecular weight excluding hydrogens is 396 g/mol. The van der Waals surface area contributed by atoms with Crippen molar-refractivity contribution in [3.05, 3.63) is 54.6 Å². The maximum atomic E-state index is 6.22. The van der Waals surface area contributed by atoms with Crippen molar-refractivity contribution in [2.24, 2.45) is 0 Å². The van der Waals surface area contributed by atoms with Crippen molar-refractivity contribution in [3.63, 3.8) is 0 Å². The molecule has 0 atom stereocenters. The van der Waals surface area contributed by atoms with Crippen LogP contribution in [-0.2, 0) is 4.43 Å². The number of rotatable bonds is 17. The Balaban J connectivity index is 1.52. The van der Waals surface area contributed by atoms with Crippen LogP contribution in [0.5, 0.6) is 5.75 Å². The van der Waals surface area contributed by atoms with E-state index in [2.05, 4.69) is 68.5 Å². The van der Waals surface area contributed by atoms with Gasteiger partial charge in [-0.05, 0) is 42.8 Å². The van der Waals surface area contributed by atoms with E-state index < -0.39 is 8.56 Å². The summed E-state index contributed by atoms with van der Waals surface area (Å²) in [6.07, 6.45) is 16.4. The van der Waals surface area contributed by atoms with Crippen LogP contribution < -0.4 is 4.43 Å². The van der Waals surface area contributed by atoms with Gasteiger partial charge in [0.2, 0.25) is 0 Å². The van der Waals surface area contributed by atoms with E-state index >= 15 is 0 Å². The molecule has 0 N–H and O–H groups in total. The van der Waals surface area contributed by atoms with E-state index in [0.717, 1.165) is 18.8 Å². The molecular formula is C28H44O2Si. The van der Waals surface area contributed by atoms with E-state index in [1.807, 2.05) is 6.07 Å². The highest BCUT2D eigenvalue weighted by atomic mass is 28.4. The molecule has 2 nitrogen and oxygen atoms in total. The minimum Gasteiger partial charge on any atom is -0.520 e. The minimum atomic E-state index is -2.14. The summed E-state index contributed by atoms with van der Waals surface area (Å²) >= 11 is 0. The molecule has 0 saturated carbocycles. The lowest BCUT2D eigenvalue weighted by Gasteiger charge is -2.24. The third-order valence-corrected chi connectivity index (χ3v) is 7.40. The van der Waals surface area contributed by atoms with Crippen molar-refractivity contribution >= 4 is 8.56 Å². The van der Waals surface area contributed by atoms with Crippen LogP contribution in [0.1, 0.15) is 84.0 Å². The number of hydrogen-bond acceptors (Lipinski definition) is 2. The van der Waals surface area contributed by atoms with E-state index in [4.69, 9.17) is 8.85 Å². The highest BCUT2D eigenvalue weighted by molar-refractivity contribution is 6.65. The average Bonchev–Trinajstić information content (AvgIpc) is 2.78. The van der Waals surface area contributed by atoms with Crippen LogP contribution in [0.25, 0.3) is 11.1 Å². The van der Waals surface area contributed by atoms with Gasteiger partial charge in [0.15, 0.2) is 0 Å². The molecule has 2 rings (SSSR count). The Morgan fingerprint density at radius 2 is 1.06 bits per heavy atom. The fourth-order valence-corrected chi connectivity index (χ4v) is 5.32. The molecule has 0 unspecified atom stereocenters. The van der Waals surface area contributed by atoms with Gasteiger partial charge in [0.1, 0.15) is 5.75 Å². The minimum absolute atomic E-state index is 0.818. The van der Waals surface area contributed by atoms with E-state index in [9.17, 15) is 0 Å². The van der Waals surface area contributed by atoms with Gasteiger partial charge >= 0.3 is 8.56 Å². The van der Waals surface area contributed by atoms with Gasteiger partial charge in [-0.25, -0.2) is 0 Å². The summed E-state index contributed by atoms with van der Waals surface area (Å²) in [5.41, 5.74) is 2.44. The Morgan fingerprint density at radius 1 is 0.581 bits per heavy atom. The first-order valence-corrected chi connectivity index (χ1v) is 15.4. The molecule has 0 aliphatic rings. The lowest BCUT2D eigenvalue weighted by molar-refractivity contribution is 0.240. The lowest BCUT2D eigenvalue weighted by Crippen LogP contribution is -2.38. The molecule has 0 saturated heterocycles. The Labute approximate surface area is 192 Å². The summed E-state index contributed by atoms with van der Waals surface area (Å²) in [6.45, 7) is 7.38. The van der Waals surface area contributed by atoms with Crippen LogP contribution in [0.15, 0.2) is 54.6 Å². The molecule has 0 aliphatic heterocycles. The van der Waals surface area contributed by atoms with Gasteiger partial charge in [-0.3, -0.25) is 0 Å². The van der Waals surface area contributed by atoms with Crippen molar-refractivity contribution < 1.29 is 8.85 Å². The highest BCUT2D eigenvalue weighted by Crippen LogP contribution is 2.24. The van der Waals surface area contributed by atoms with Crippen molar-refractivity contribution in [2.75, 3.05) is 6.61 Å². The van der Waals surface area contributed by atoms with E-state index in [0.29, 0.717) is 0 Å². The van der Waals surface area contributed by atoms with Crippen LogP contribution in [-0.4, -0.2) is 15.2 Å². The molecule has 0 aromatic heterocycles. The molecule has 0 fully saturated rings. The molecule has 31 heavy (non-hydrogen) atoms. The standard InChI is InChI=1S/C28H44O2Si/c1-4-5-6-7-8-9-10-11-12-13-14-18-25-29-31(2,3)30-28-23-21-27(22-24-28)26-19-16-15-17-20-26/h15-17,19-24H,4-14,18,25H2,1-3H3. The molecule has 0 bridgehead atoms. The molecule has 0 radical (unpaired) electrons. The van der Waals surface area contributed by atoms with Gasteiger partial charge in [0, 0.05) is 6.61 Å². The second kappa shape index (κ2) is 15.3. The summed E-state index contributed by atoms with van der Waals surface area (Å²) in [6, 6.07) is 18.8. The van der Waals surface area contributed by atoms with Crippen LogP contribution in [0, 0.1) is 0 Å². The van der Waals surface area contributed by atoms with Crippen LogP contribution in [0.2, 0.25) is 13.1 Å². The topological polar surface area (TPSA) is 18.5 Å². The first-order chi connectivity index (χ1) is 15.1. The summed E-state index contributed by atoms with van der Waals surface area (Å²) in [5, 5.41) is 0. The average molecular weight is 441 g/mol. The van der Waals surface area contributed by atoms with E-state index in [1.54, 1.807) is 0 Å². The molecule has 0 spiro atoms. The zero-order chi connectivity index (χ0) is 22.2. The monoisotopic (exact) mass is 440 g/mol. The number of hydrogen-bond donors (Lipinski definition) is 0. The zero-order valence-corrected chi connectivity index (χ0v) is 21.2. The zero-order valence-electron chi connectivity index (χ0n) is 20.2. The Morgan fingerprint density at radius 3 is 1.61 bits per heavy atom. The van der Waals surface area contributed by atoms with E-state index in [1.165, 1.54) is 81.8 Å². The summed E-state index contributed by atoms with van der Waals surface area (Å²) < 4.78 is 12.4. The maximum absolute atomic E-state index is 6.22. The third-order valence-electron chi connectivity index (χ3n) is 5.77. The molecule has 2 aromatic rings. The van der Waals surface area contributed by atoms with Gasteiger partial charge in [0.25, 0.3) is 0 Å². The third kappa shape index (κ3) is 11.6. The van der Waals surface area contributed by atoms with Crippen LogP contribution in [0.4, 0.5) is 0 Å². The molecule has 0 aliphatic carbocycles. The fraction of sp³-hybridized carbons (Fsp3) is 0.571. The molecule has 3 heteroatoms. The van der Waals surface area contributed by atoms with Crippen molar-refractivity contribution in [2.45, 2.75) is 97.1 Å². The second-order valence-corrected chi connectivity index (χ2v) is 12.4. The van der Waals surface area contributed by atoms with Crippen LogP contribution in [0.3, 0.4) is 0 Å². The number of unbranched alkanes of at least 4 members (excludes halogenated alkanes) is 11. The maximum Gasteiger partial charge on any atom is 0.392 e. The predicted octanol–water partition coefficient (Wildman–Crippen LogP) is 9.15. The highest BCUT2D eigenvalue weighted by Gasteiger charge is 2.26. The smallest absolute Gasteiger partial charge is 0.392 e. The number of benzene rings is 2. The van der Waals surface area contributed by atoms with E-state index in [-0.39, 0.29) is 0 Å². The quantitative estimate of drug-likeness (QED) is 0.180. The van der Waals surface area contributed by atoms with Crippen LogP contribution >= 0.6 is 0 Å². The molecule has 172 valence electrons. The molecule has 2 aromatic carbocycles. The summed E-state index contributed by atoms with van der Waals surface area (Å²) in [4.78, 5) is 0. The SMILES string of the molecule is CCCCCCCCCCCCCCO[Si](C)(C)Oc1ccc(-c2ccccc2)cc1. The normalized spacial score (nSPS) is 11.6. The fourth-order valence-electron chi connectivity index (χ4n) is 3.92. The lowest BCUT2D eigenvalue weighted by atomic mass is 10.1. The van der Waals surface area contributed by atoms with Crippen molar-refractivity contribution in [1.82, 2.24) is 0 Å². The van der Waals surface area contributed by atoms with Gasteiger partial charge in [-0.2, -0.15) is 0 Å². The van der Waals surface area contributed by atoms with Gasteiger partial charge < -0.3 is 8.85 Å². The van der Waals surface area contributed by atoms with Crippen molar-refractivity contribution in [1.29, 1.82) is 0 Å².